The van der Waals surface area contributed by atoms with Crippen molar-refractivity contribution in [3.05, 3.63) is 10.4 Å². The molecule has 0 fully saturated rings. The Morgan fingerprint density at radius 2 is 2.11 bits per heavy atom. The first-order valence-electron chi connectivity index (χ1n) is 2.18. The lowest BCUT2D eigenvalue weighted by Gasteiger charge is -1.96. The summed E-state index contributed by atoms with van der Waals surface area (Å²) in [6, 6.07) is 0. The molecular formula is C4H9NO2S2. The Bertz CT molecular complexity index is 205. The van der Waals surface area contributed by atoms with E-state index in [1.54, 1.807) is 6.26 Å². The Morgan fingerprint density at radius 3 is 2.11 bits per heavy atom. The van der Waals surface area contributed by atoms with Gasteiger partial charge in [-0.2, -0.15) is 0 Å². The van der Waals surface area contributed by atoms with Crippen LogP contribution in [0.5, 0.6) is 0 Å². The number of hydrogen-bond acceptors (Lipinski definition) is 4. The quantitative estimate of drug-likeness (QED) is 0.636. The highest BCUT2D eigenvalue weighted by atomic mass is 32.3. The molecule has 0 saturated carbocycles. The lowest BCUT2D eigenvalue weighted by atomic mass is 11.1. The maximum Gasteiger partial charge on any atom is 0.182 e. The highest BCUT2D eigenvalue weighted by Crippen LogP contribution is 2.15. The van der Waals surface area contributed by atoms with Gasteiger partial charge in [0, 0.05) is 12.5 Å². The summed E-state index contributed by atoms with van der Waals surface area (Å²) in [4.78, 5) is 0. The van der Waals surface area contributed by atoms with E-state index >= 15 is 0 Å². The van der Waals surface area contributed by atoms with Crippen LogP contribution in [0.3, 0.4) is 0 Å². The predicted octanol–water partition coefficient (Wildman–Crippen LogP) is 0.152. The van der Waals surface area contributed by atoms with Gasteiger partial charge in [-0.25, -0.2) is 8.42 Å². The molecule has 0 aromatic heterocycles. The Labute approximate surface area is 59.2 Å². The smallest absolute Gasteiger partial charge is 0.182 e. The lowest BCUT2D eigenvalue weighted by molar-refractivity contribution is 0.609. The van der Waals surface area contributed by atoms with E-state index in [4.69, 9.17) is 5.73 Å². The van der Waals surface area contributed by atoms with Gasteiger partial charge in [-0.1, -0.05) is 0 Å². The standard InChI is InChI=1S/C4H9NO2S2/c1-8-4(3-5)9(2,6)7/h3H,5H2,1-2H3. The summed E-state index contributed by atoms with van der Waals surface area (Å²) < 4.78 is 21.5. The third-order valence-electron chi connectivity index (χ3n) is 0.703. The van der Waals surface area contributed by atoms with Gasteiger partial charge < -0.3 is 5.73 Å². The zero-order valence-electron chi connectivity index (χ0n) is 5.29. The van der Waals surface area contributed by atoms with E-state index in [1.165, 1.54) is 0 Å². The van der Waals surface area contributed by atoms with Crippen LogP contribution in [0, 0.1) is 0 Å². The van der Waals surface area contributed by atoms with Crippen molar-refractivity contribution < 1.29 is 8.42 Å². The van der Waals surface area contributed by atoms with Crippen molar-refractivity contribution in [2.24, 2.45) is 5.73 Å². The molecule has 3 nitrogen and oxygen atoms in total. The maximum absolute atomic E-state index is 10.6. The topological polar surface area (TPSA) is 60.2 Å². The van der Waals surface area contributed by atoms with Crippen molar-refractivity contribution in [3.63, 3.8) is 0 Å². The third-order valence-corrected chi connectivity index (χ3v) is 3.52. The normalized spacial score (nSPS) is 13.8. The van der Waals surface area contributed by atoms with Crippen molar-refractivity contribution >= 4 is 21.6 Å². The van der Waals surface area contributed by atoms with Gasteiger partial charge in [-0.05, 0) is 6.26 Å². The molecule has 0 amide bonds. The summed E-state index contributed by atoms with van der Waals surface area (Å²) in [6.45, 7) is 0. The highest BCUT2D eigenvalue weighted by Gasteiger charge is 2.07. The van der Waals surface area contributed by atoms with Crippen LogP contribution in [0.4, 0.5) is 0 Å². The number of sulfone groups is 1. The van der Waals surface area contributed by atoms with E-state index in [0.717, 1.165) is 24.2 Å². The second-order valence-corrected chi connectivity index (χ2v) is 4.55. The van der Waals surface area contributed by atoms with Gasteiger partial charge in [0.15, 0.2) is 9.84 Å². The van der Waals surface area contributed by atoms with E-state index in [-0.39, 0.29) is 4.24 Å². The molecule has 5 heteroatoms. The van der Waals surface area contributed by atoms with E-state index in [9.17, 15) is 8.42 Å². The van der Waals surface area contributed by atoms with Crippen LogP contribution in [0.2, 0.25) is 0 Å². The van der Waals surface area contributed by atoms with E-state index < -0.39 is 9.84 Å². The molecule has 0 atom stereocenters. The van der Waals surface area contributed by atoms with Crippen LogP contribution >= 0.6 is 11.8 Å². The van der Waals surface area contributed by atoms with Crippen LogP contribution in [0.25, 0.3) is 0 Å². The fourth-order valence-corrected chi connectivity index (χ4v) is 1.94. The molecule has 0 aliphatic heterocycles. The van der Waals surface area contributed by atoms with Crippen LogP contribution < -0.4 is 5.73 Å². The van der Waals surface area contributed by atoms with Crippen molar-refractivity contribution in [1.82, 2.24) is 0 Å². The predicted molar refractivity (Wildman–Crippen MR) is 40.6 cm³/mol. The fourth-order valence-electron chi connectivity index (χ4n) is 0.343. The van der Waals surface area contributed by atoms with Gasteiger partial charge in [-0.3, -0.25) is 0 Å². The Balaban J connectivity index is 4.56. The average Bonchev–Trinajstić information content (AvgIpc) is 1.65. The van der Waals surface area contributed by atoms with Crippen molar-refractivity contribution in [1.29, 1.82) is 0 Å². The third kappa shape index (κ3) is 2.76. The minimum absolute atomic E-state index is 0.211. The van der Waals surface area contributed by atoms with Crippen LogP contribution in [-0.4, -0.2) is 20.9 Å². The number of nitrogens with two attached hydrogens (primary N) is 1. The number of rotatable bonds is 2. The van der Waals surface area contributed by atoms with Gasteiger partial charge in [0.25, 0.3) is 0 Å². The molecule has 0 heterocycles. The van der Waals surface area contributed by atoms with Crippen molar-refractivity contribution in [2.45, 2.75) is 0 Å². The number of hydrogen-bond donors (Lipinski definition) is 1. The maximum atomic E-state index is 10.6. The summed E-state index contributed by atoms with van der Waals surface area (Å²) in [6.07, 6.45) is 3.89. The van der Waals surface area contributed by atoms with Gasteiger partial charge in [-0.15, -0.1) is 11.8 Å². The molecule has 0 aromatic carbocycles. The van der Waals surface area contributed by atoms with E-state index in [1.807, 2.05) is 0 Å². The minimum Gasteiger partial charge on any atom is -0.403 e. The highest BCUT2D eigenvalue weighted by molar-refractivity contribution is 8.18. The molecule has 0 bridgehead atoms. The summed E-state index contributed by atoms with van der Waals surface area (Å²) in [5.74, 6) is 0. The van der Waals surface area contributed by atoms with Gasteiger partial charge in [0.05, 0.1) is 0 Å². The molecule has 0 aliphatic carbocycles. The SMILES string of the molecule is CSC(=CN)S(C)(=O)=O. The summed E-state index contributed by atoms with van der Waals surface area (Å²) in [5, 5.41) is 0. The molecule has 54 valence electrons. The van der Waals surface area contributed by atoms with Crippen LogP contribution in [0.1, 0.15) is 0 Å². The molecule has 2 N–H and O–H groups in total. The first-order valence-corrected chi connectivity index (χ1v) is 5.30. The molecule has 9 heavy (non-hydrogen) atoms. The van der Waals surface area contributed by atoms with Crippen molar-refractivity contribution in [3.8, 4) is 0 Å². The van der Waals surface area contributed by atoms with Gasteiger partial charge >= 0.3 is 0 Å². The number of thioether (sulfide) groups is 1. The molecule has 0 unspecified atom stereocenters. The van der Waals surface area contributed by atoms with Gasteiger partial charge in [0.2, 0.25) is 0 Å². The Hall–Kier alpha value is -0.160. The largest absolute Gasteiger partial charge is 0.403 e. The fraction of sp³-hybridized carbons (Fsp3) is 0.500. The average molecular weight is 167 g/mol. The molecule has 0 rings (SSSR count). The van der Waals surface area contributed by atoms with Crippen LogP contribution in [0.15, 0.2) is 10.4 Å². The molecular weight excluding hydrogens is 158 g/mol. The minimum atomic E-state index is -3.07. The first-order chi connectivity index (χ1) is 4.02. The second kappa shape index (κ2) is 3.12. The second-order valence-electron chi connectivity index (χ2n) is 1.46. The molecule has 0 aromatic rings. The molecule has 0 aliphatic rings. The summed E-state index contributed by atoms with van der Waals surface area (Å²) in [7, 11) is -3.07. The Kier molecular flexibility index (Phi) is 3.07. The summed E-state index contributed by atoms with van der Waals surface area (Å²) >= 11 is 1.12. The monoisotopic (exact) mass is 167 g/mol. The summed E-state index contributed by atoms with van der Waals surface area (Å²) in [5.41, 5.74) is 5.01. The van der Waals surface area contributed by atoms with E-state index in [0.29, 0.717) is 0 Å². The first kappa shape index (κ1) is 8.84. The zero-order chi connectivity index (χ0) is 7.49. The van der Waals surface area contributed by atoms with Crippen LogP contribution in [-0.2, 0) is 9.84 Å². The van der Waals surface area contributed by atoms with E-state index in [2.05, 4.69) is 0 Å². The van der Waals surface area contributed by atoms with Gasteiger partial charge in [0.1, 0.15) is 4.24 Å². The molecule has 0 spiro atoms. The Morgan fingerprint density at radius 1 is 1.67 bits per heavy atom. The molecule has 0 saturated heterocycles. The molecule has 0 radical (unpaired) electrons. The lowest BCUT2D eigenvalue weighted by Crippen LogP contribution is -1.99. The zero-order valence-corrected chi connectivity index (χ0v) is 6.92. The van der Waals surface area contributed by atoms with Crippen molar-refractivity contribution in [2.75, 3.05) is 12.5 Å².